The third-order valence-electron chi connectivity index (χ3n) is 5.99. The zero-order chi connectivity index (χ0) is 18.7. The fourth-order valence-corrected chi connectivity index (χ4v) is 4.21. The van der Waals surface area contributed by atoms with Crippen LogP contribution in [0.25, 0.3) is 0 Å². The molecule has 2 aromatic heterocycles. The Morgan fingerprint density at radius 3 is 2.85 bits per heavy atom. The first kappa shape index (κ1) is 17.9. The highest BCUT2D eigenvalue weighted by atomic mass is 16.5. The summed E-state index contributed by atoms with van der Waals surface area (Å²) in [5.74, 6) is 0.897. The van der Waals surface area contributed by atoms with Gasteiger partial charge in [-0.25, -0.2) is 4.98 Å². The second kappa shape index (κ2) is 7.64. The van der Waals surface area contributed by atoms with Crippen LogP contribution in [0, 0.1) is 11.3 Å². The summed E-state index contributed by atoms with van der Waals surface area (Å²) in [5, 5.41) is 4.11. The topological polar surface area (TPSA) is 82.4 Å². The van der Waals surface area contributed by atoms with E-state index in [0.717, 1.165) is 39.0 Å². The Kier molecular flexibility index (Phi) is 5.07. The smallest absolute Gasteiger partial charge is 0.272 e. The molecule has 1 spiro atoms. The molecule has 0 bridgehead atoms. The summed E-state index contributed by atoms with van der Waals surface area (Å²) >= 11 is 0. The second-order valence-corrected chi connectivity index (χ2v) is 7.37. The van der Waals surface area contributed by atoms with Crippen molar-refractivity contribution in [3.8, 4) is 5.88 Å². The number of piperidine rings is 1. The molecule has 2 aliphatic heterocycles. The van der Waals surface area contributed by atoms with Crippen LogP contribution in [0.15, 0.2) is 30.9 Å². The molecule has 2 fully saturated rings. The molecule has 2 saturated heterocycles. The van der Waals surface area contributed by atoms with Crippen molar-refractivity contribution >= 4 is 5.91 Å². The molecule has 2 aromatic rings. The number of nitrogens with zero attached hydrogens (tertiary/aromatic N) is 5. The summed E-state index contributed by atoms with van der Waals surface area (Å²) in [6.07, 6.45) is 9.50. The number of carbonyl (C=O) groups is 1. The number of amides is 1. The van der Waals surface area contributed by atoms with Gasteiger partial charge in [0.25, 0.3) is 5.91 Å². The standard InChI is InChI=1S/C19H25N5O3/c1-23-16(2-6-22-23)18(25)24-9-3-19(4-10-24)5-11-26-13-15(19)14-27-17-12-20-7-8-21-17/h2,6-8,12,15H,3-5,9-11,13-14H2,1H3/t15-/m0/s1. The van der Waals surface area contributed by atoms with Gasteiger partial charge in [0, 0.05) is 51.3 Å². The van der Waals surface area contributed by atoms with Crippen molar-refractivity contribution in [3.05, 3.63) is 36.5 Å². The summed E-state index contributed by atoms with van der Waals surface area (Å²) in [6, 6.07) is 1.78. The number of rotatable bonds is 4. The number of likely N-dealkylation sites (tertiary alicyclic amines) is 1. The Morgan fingerprint density at radius 2 is 2.15 bits per heavy atom. The molecule has 8 nitrogen and oxygen atoms in total. The lowest BCUT2D eigenvalue weighted by molar-refractivity contribution is -0.0826. The maximum atomic E-state index is 12.7. The van der Waals surface area contributed by atoms with E-state index in [0.29, 0.717) is 30.7 Å². The van der Waals surface area contributed by atoms with Gasteiger partial charge in [-0.1, -0.05) is 0 Å². The zero-order valence-corrected chi connectivity index (χ0v) is 15.6. The van der Waals surface area contributed by atoms with Gasteiger partial charge in [0.05, 0.1) is 19.4 Å². The molecule has 8 heteroatoms. The largest absolute Gasteiger partial charge is 0.476 e. The Labute approximate surface area is 158 Å². The van der Waals surface area contributed by atoms with E-state index < -0.39 is 0 Å². The van der Waals surface area contributed by atoms with Crippen molar-refractivity contribution in [2.75, 3.05) is 32.9 Å². The van der Waals surface area contributed by atoms with Gasteiger partial charge >= 0.3 is 0 Å². The van der Waals surface area contributed by atoms with Gasteiger partial charge in [-0.3, -0.25) is 14.5 Å². The molecule has 1 amide bonds. The molecule has 0 aliphatic carbocycles. The van der Waals surface area contributed by atoms with Crippen LogP contribution in [0.5, 0.6) is 5.88 Å². The molecular weight excluding hydrogens is 346 g/mol. The summed E-state index contributed by atoms with van der Waals surface area (Å²) in [4.78, 5) is 22.9. The molecule has 4 rings (SSSR count). The summed E-state index contributed by atoms with van der Waals surface area (Å²) in [6.45, 7) is 3.54. The molecule has 0 radical (unpaired) electrons. The number of carbonyl (C=O) groups excluding carboxylic acids is 1. The molecule has 0 N–H and O–H groups in total. The molecule has 0 aromatic carbocycles. The average molecular weight is 371 g/mol. The van der Waals surface area contributed by atoms with E-state index >= 15 is 0 Å². The number of hydrogen-bond acceptors (Lipinski definition) is 6. The predicted octanol–water partition coefficient (Wildman–Crippen LogP) is 1.55. The minimum absolute atomic E-state index is 0.0595. The Balaban J connectivity index is 1.40. The van der Waals surface area contributed by atoms with Crippen LogP contribution in [0.1, 0.15) is 29.8 Å². The fraction of sp³-hybridized carbons (Fsp3) is 0.579. The predicted molar refractivity (Wildman–Crippen MR) is 97.2 cm³/mol. The quantitative estimate of drug-likeness (QED) is 0.811. The summed E-state index contributed by atoms with van der Waals surface area (Å²) in [5.41, 5.74) is 0.796. The van der Waals surface area contributed by atoms with Crippen LogP contribution in [-0.4, -0.2) is 63.5 Å². The minimum atomic E-state index is 0.0595. The van der Waals surface area contributed by atoms with E-state index in [1.807, 2.05) is 4.90 Å². The minimum Gasteiger partial charge on any atom is -0.476 e. The van der Waals surface area contributed by atoms with Crippen LogP contribution < -0.4 is 4.74 Å². The third kappa shape index (κ3) is 3.66. The highest BCUT2D eigenvalue weighted by molar-refractivity contribution is 5.92. The van der Waals surface area contributed by atoms with Crippen LogP contribution in [-0.2, 0) is 11.8 Å². The summed E-state index contributed by atoms with van der Waals surface area (Å²) < 4.78 is 13.3. The molecule has 144 valence electrons. The number of hydrogen-bond donors (Lipinski definition) is 0. The summed E-state index contributed by atoms with van der Waals surface area (Å²) in [7, 11) is 1.80. The van der Waals surface area contributed by atoms with Crippen LogP contribution in [0.3, 0.4) is 0 Å². The molecule has 0 unspecified atom stereocenters. The maximum absolute atomic E-state index is 12.7. The lowest BCUT2D eigenvalue weighted by Crippen LogP contribution is -2.51. The van der Waals surface area contributed by atoms with Crippen molar-refractivity contribution in [2.24, 2.45) is 18.4 Å². The first-order valence-corrected chi connectivity index (χ1v) is 9.42. The van der Waals surface area contributed by atoms with Gasteiger partial charge in [0.2, 0.25) is 5.88 Å². The zero-order valence-electron chi connectivity index (χ0n) is 15.6. The molecule has 4 heterocycles. The SMILES string of the molecule is Cn1nccc1C(=O)N1CCC2(CCOC[C@H]2COc2cnccn2)CC1. The monoisotopic (exact) mass is 371 g/mol. The van der Waals surface area contributed by atoms with E-state index in [1.54, 1.807) is 42.6 Å². The highest BCUT2D eigenvalue weighted by Crippen LogP contribution is 2.45. The maximum Gasteiger partial charge on any atom is 0.272 e. The Morgan fingerprint density at radius 1 is 1.30 bits per heavy atom. The van der Waals surface area contributed by atoms with Gasteiger partial charge in [-0.2, -0.15) is 5.10 Å². The van der Waals surface area contributed by atoms with Gasteiger partial charge in [-0.15, -0.1) is 0 Å². The van der Waals surface area contributed by atoms with Gasteiger partial charge in [0.1, 0.15) is 5.69 Å². The first-order chi connectivity index (χ1) is 13.2. The van der Waals surface area contributed by atoms with Crippen LogP contribution in [0.2, 0.25) is 0 Å². The highest BCUT2D eigenvalue weighted by Gasteiger charge is 2.44. The van der Waals surface area contributed by atoms with Crippen molar-refractivity contribution in [3.63, 3.8) is 0 Å². The lowest BCUT2D eigenvalue weighted by Gasteiger charge is -2.48. The Hall–Kier alpha value is -2.48. The molecule has 27 heavy (non-hydrogen) atoms. The molecule has 0 saturated carbocycles. The molecule has 2 aliphatic rings. The van der Waals surface area contributed by atoms with E-state index in [1.165, 1.54) is 0 Å². The van der Waals surface area contributed by atoms with Crippen molar-refractivity contribution in [2.45, 2.75) is 19.3 Å². The van der Waals surface area contributed by atoms with Gasteiger partial charge < -0.3 is 14.4 Å². The molecular formula is C19H25N5O3. The third-order valence-corrected chi connectivity index (χ3v) is 5.99. The van der Waals surface area contributed by atoms with E-state index in [-0.39, 0.29) is 11.3 Å². The van der Waals surface area contributed by atoms with Crippen LogP contribution >= 0.6 is 0 Å². The fourth-order valence-electron chi connectivity index (χ4n) is 4.21. The van der Waals surface area contributed by atoms with E-state index in [9.17, 15) is 4.79 Å². The van der Waals surface area contributed by atoms with Gasteiger partial charge in [0.15, 0.2) is 0 Å². The lowest BCUT2D eigenvalue weighted by atomic mass is 9.66. The van der Waals surface area contributed by atoms with Gasteiger partial charge in [-0.05, 0) is 30.7 Å². The normalized spacial score (nSPS) is 22.0. The average Bonchev–Trinajstić information content (AvgIpc) is 3.14. The van der Waals surface area contributed by atoms with Crippen LogP contribution in [0.4, 0.5) is 0 Å². The Bertz CT molecular complexity index is 771. The molecule has 1 atom stereocenters. The number of aryl methyl sites for hydroxylation is 1. The number of ether oxygens (including phenoxy) is 2. The van der Waals surface area contributed by atoms with Crippen molar-refractivity contribution < 1.29 is 14.3 Å². The van der Waals surface area contributed by atoms with Crippen molar-refractivity contribution in [1.29, 1.82) is 0 Å². The number of aromatic nitrogens is 4. The van der Waals surface area contributed by atoms with Crippen molar-refractivity contribution in [1.82, 2.24) is 24.6 Å². The van der Waals surface area contributed by atoms with E-state index in [2.05, 4.69) is 15.1 Å². The second-order valence-electron chi connectivity index (χ2n) is 7.37. The van der Waals surface area contributed by atoms with E-state index in [4.69, 9.17) is 9.47 Å². The first-order valence-electron chi connectivity index (χ1n) is 9.42.